The van der Waals surface area contributed by atoms with Crippen molar-refractivity contribution in [1.29, 1.82) is 0 Å². The number of thiophene rings is 1. The second kappa shape index (κ2) is 4.51. The molecule has 4 nitrogen and oxygen atoms in total. The summed E-state index contributed by atoms with van der Waals surface area (Å²) in [5.74, 6) is 0.355. The van der Waals surface area contributed by atoms with Crippen molar-refractivity contribution in [3.63, 3.8) is 0 Å². The summed E-state index contributed by atoms with van der Waals surface area (Å²) in [4.78, 5) is 12.3. The van der Waals surface area contributed by atoms with E-state index in [0.29, 0.717) is 17.3 Å². The monoisotopic (exact) mass is 273 g/mol. The van der Waals surface area contributed by atoms with Gasteiger partial charge in [-0.15, -0.1) is 11.3 Å². The van der Waals surface area contributed by atoms with Gasteiger partial charge in [0.05, 0.1) is 12.7 Å². The minimum absolute atomic E-state index is 0.325. The molecule has 0 spiro atoms. The Morgan fingerprint density at radius 1 is 1.37 bits per heavy atom. The number of rotatable bonds is 2. The van der Waals surface area contributed by atoms with Gasteiger partial charge >= 0.3 is 5.97 Å². The van der Waals surface area contributed by atoms with Gasteiger partial charge in [-0.05, 0) is 17.5 Å². The number of nitrogens with zero attached hydrogens (tertiary/aromatic N) is 1. The van der Waals surface area contributed by atoms with Crippen LogP contribution >= 0.6 is 11.3 Å². The molecule has 0 aliphatic carbocycles. The number of ether oxygens (including phenoxy) is 1. The van der Waals surface area contributed by atoms with Gasteiger partial charge in [0.25, 0.3) is 5.84 Å². The van der Waals surface area contributed by atoms with Crippen molar-refractivity contribution >= 4 is 28.8 Å². The largest absolute Gasteiger partial charge is 0.465 e. The number of carbonyl (C=O) groups excluding carboxylic acids is 1. The summed E-state index contributed by atoms with van der Waals surface area (Å²) >= 11 is 1.36. The molecule has 0 amide bonds. The molecule has 0 atom stereocenters. The molecule has 1 aliphatic heterocycles. The van der Waals surface area contributed by atoms with Gasteiger partial charge < -0.3 is 4.74 Å². The van der Waals surface area contributed by atoms with Crippen molar-refractivity contribution in [3.05, 3.63) is 51.7 Å². The Labute approximate surface area is 114 Å². The maximum absolute atomic E-state index is 11.7. The fourth-order valence-corrected chi connectivity index (χ4v) is 3.10. The highest BCUT2D eigenvalue weighted by Crippen LogP contribution is 2.30. The molecule has 19 heavy (non-hydrogen) atoms. The summed E-state index contributed by atoms with van der Waals surface area (Å²) < 4.78 is 6.75. The Bertz CT molecular complexity index is 688. The second-order valence-electron chi connectivity index (χ2n) is 4.26. The first-order valence-electron chi connectivity index (χ1n) is 5.86. The average Bonchev–Trinajstić information content (AvgIpc) is 3.03. The van der Waals surface area contributed by atoms with E-state index in [4.69, 9.17) is 10.5 Å². The maximum Gasteiger partial charge on any atom is 0.352 e. The Morgan fingerprint density at radius 3 is 2.89 bits per heavy atom. The van der Waals surface area contributed by atoms with Gasteiger partial charge in [-0.1, -0.05) is 18.2 Å². The van der Waals surface area contributed by atoms with E-state index in [1.54, 1.807) is 0 Å². The first-order chi connectivity index (χ1) is 9.22. The van der Waals surface area contributed by atoms with Crippen LogP contribution in [0.1, 0.15) is 20.8 Å². The molecule has 3 rings (SSSR count). The number of fused-ring (bicyclic) bond motifs is 1. The van der Waals surface area contributed by atoms with E-state index >= 15 is 0 Å². The molecule has 0 radical (unpaired) electrons. The molecule has 1 aliphatic rings. The lowest BCUT2D eigenvalue weighted by molar-refractivity contribution is -0.453. The fourth-order valence-electron chi connectivity index (χ4n) is 2.28. The van der Waals surface area contributed by atoms with Gasteiger partial charge in [0.15, 0.2) is 10.6 Å². The molecule has 1 aromatic heterocycles. The van der Waals surface area contributed by atoms with Crippen LogP contribution in [0.5, 0.6) is 0 Å². The predicted octanol–water partition coefficient (Wildman–Crippen LogP) is 2.10. The van der Waals surface area contributed by atoms with Crippen molar-refractivity contribution in [1.82, 2.24) is 0 Å². The van der Waals surface area contributed by atoms with E-state index in [1.807, 2.05) is 40.3 Å². The molecular weight excluding hydrogens is 260 g/mol. The highest BCUT2D eigenvalue weighted by Gasteiger charge is 2.29. The van der Waals surface area contributed by atoms with Gasteiger partial charge in [-0.25, -0.2) is 9.37 Å². The van der Waals surface area contributed by atoms with Crippen LogP contribution in [0.25, 0.3) is 0 Å². The van der Waals surface area contributed by atoms with Crippen LogP contribution in [0, 0.1) is 0 Å². The molecule has 2 heterocycles. The minimum atomic E-state index is -0.325. The number of hydrogen-bond acceptors (Lipinski definition) is 4. The van der Waals surface area contributed by atoms with Crippen LogP contribution in [0.15, 0.2) is 35.7 Å². The van der Waals surface area contributed by atoms with E-state index in [9.17, 15) is 4.79 Å². The molecule has 0 unspecified atom stereocenters. The number of benzene rings is 1. The molecule has 0 bridgehead atoms. The van der Waals surface area contributed by atoms with Crippen molar-refractivity contribution in [3.8, 4) is 0 Å². The second-order valence-corrected chi connectivity index (χ2v) is 5.17. The lowest BCUT2D eigenvalue weighted by Gasteiger charge is -2.03. The highest BCUT2D eigenvalue weighted by molar-refractivity contribution is 7.12. The molecule has 96 valence electrons. The summed E-state index contributed by atoms with van der Waals surface area (Å²) in [6.45, 7) is 0.683. The molecule has 2 N–H and O–H groups in total. The standard InChI is InChI=1S/C14H12N2O2S/c1-18-14(17)12-11(6-7-19-12)16-8-9-4-2-3-5-10(9)13(16)15/h2-7,15H,8H2,1H3/p+1. The van der Waals surface area contributed by atoms with Crippen LogP contribution in [0.4, 0.5) is 5.69 Å². The molecule has 1 aromatic carbocycles. The van der Waals surface area contributed by atoms with Crippen LogP contribution in [-0.2, 0) is 11.3 Å². The number of carbonyl (C=O) groups is 1. The Balaban J connectivity index is 2.09. The number of methoxy groups -OCH3 is 1. The van der Waals surface area contributed by atoms with Crippen LogP contribution in [0.2, 0.25) is 0 Å². The molecule has 5 heteroatoms. The van der Waals surface area contributed by atoms with E-state index in [-0.39, 0.29) is 5.97 Å². The van der Waals surface area contributed by atoms with Gasteiger partial charge in [0.1, 0.15) is 6.54 Å². The van der Waals surface area contributed by atoms with Crippen molar-refractivity contribution in [2.45, 2.75) is 6.54 Å². The average molecular weight is 273 g/mol. The van der Waals surface area contributed by atoms with E-state index in [0.717, 1.165) is 11.3 Å². The van der Waals surface area contributed by atoms with Crippen molar-refractivity contribution < 1.29 is 14.1 Å². The number of hydrogen-bond donors (Lipinski definition) is 1. The van der Waals surface area contributed by atoms with Crippen molar-refractivity contribution in [2.24, 2.45) is 5.73 Å². The van der Waals surface area contributed by atoms with Crippen LogP contribution in [-0.4, -0.2) is 23.5 Å². The van der Waals surface area contributed by atoms with E-state index in [2.05, 4.69) is 0 Å². The third-order valence-electron chi connectivity index (χ3n) is 3.22. The third-order valence-corrected chi connectivity index (χ3v) is 4.10. The van der Waals surface area contributed by atoms with Gasteiger partial charge in [0.2, 0.25) is 0 Å². The number of esters is 1. The molecule has 0 saturated heterocycles. The third kappa shape index (κ3) is 1.82. The topological polar surface area (TPSA) is 55.3 Å². The Morgan fingerprint density at radius 2 is 2.16 bits per heavy atom. The number of nitrogens with two attached hydrogens (primary N) is 1. The van der Waals surface area contributed by atoms with Gasteiger partial charge in [-0.3, -0.25) is 5.73 Å². The SMILES string of the molecule is COC(=O)c1sccc1[N+]1=C(N)c2ccccc2C1. The zero-order chi connectivity index (χ0) is 13.4. The lowest BCUT2D eigenvalue weighted by Crippen LogP contribution is -2.20. The first kappa shape index (κ1) is 11.9. The van der Waals surface area contributed by atoms with Gasteiger partial charge in [-0.2, -0.15) is 0 Å². The highest BCUT2D eigenvalue weighted by atomic mass is 32.1. The van der Waals surface area contributed by atoms with Gasteiger partial charge in [0, 0.05) is 5.56 Å². The maximum atomic E-state index is 11.7. The quantitative estimate of drug-likeness (QED) is 0.673. The summed E-state index contributed by atoms with van der Waals surface area (Å²) in [7, 11) is 1.39. The Kier molecular flexibility index (Phi) is 2.83. The normalized spacial score (nSPS) is 13.5. The lowest BCUT2D eigenvalue weighted by atomic mass is 10.1. The molecule has 0 fully saturated rings. The van der Waals surface area contributed by atoms with E-state index < -0.39 is 0 Å². The molecule has 2 aromatic rings. The summed E-state index contributed by atoms with van der Waals surface area (Å²) in [5, 5.41) is 1.87. The van der Waals surface area contributed by atoms with Crippen molar-refractivity contribution in [2.75, 3.05) is 7.11 Å². The summed E-state index contributed by atoms with van der Waals surface area (Å²) in [6, 6.07) is 9.89. The smallest absolute Gasteiger partial charge is 0.352 e. The summed E-state index contributed by atoms with van der Waals surface area (Å²) in [5.41, 5.74) is 9.20. The molecule has 0 saturated carbocycles. The minimum Gasteiger partial charge on any atom is -0.465 e. The fraction of sp³-hybridized carbons (Fsp3) is 0.143. The Hall–Kier alpha value is -2.14. The first-order valence-corrected chi connectivity index (χ1v) is 6.74. The zero-order valence-electron chi connectivity index (χ0n) is 10.4. The van der Waals surface area contributed by atoms with Crippen LogP contribution in [0.3, 0.4) is 0 Å². The predicted molar refractivity (Wildman–Crippen MR) is 74.0 cm³/mol. The summed E-state index contributed by atoms with van der Waals surface area (Å²) in [6.07, 6.45) is 0. The molecular formula is C14H13N2O2S+. The van der Waals surface area contributed by atoms with Crippen LogP contribution < -0.4 is 5.73 Å². The number of amidine groups is 1. The van der Waals surface area contributed by atoms with E-state index in [1.165, 1.54) is 24.0 Å². The zero-order valence-corrected chi connectivity index (χ0v) is 11.2.